The van der Waals surface area contributed by atoms with Crippen LogP contribution in [-0.4, -0.2) is 37.9 Å². The largest absolute Gasteiger partial charge is 0.493 e. The fourth-order valence-corrected chi connectivity index (χ4v) is 1.98. The molecule has 21 heavy (non-hydrogen) atoms. The zero-order valence-electron chi connectivity index (χ0n) is 12.9. The third-order valence-electron chi connectivity index (χ3n) is 3.10. The van der Waals surface area contributed by atoms with E-state index < -0.39 is 0 Å². The second-order valence-electron chi connectivity index (χ2n) is 4.69. The molecule has 2 N–H and O–H groups in total. The van der Waals surface area contributed by atoms with Gasteiger partial charge in [0.2, 0.25) is 0 Å². The number of methoxy groups -OCH3 is 1. The summed E-state index contributed by atoms with van der Waals surface area (Å²) in [7, 11) is 1.57. The number of carbonyl (C=O) groups excluding carboxylic acids is 1. The van der Waals surface area contributed by atoms with Crippen molar-refractivity contribution in [2.45, 2.75) is 32.6 Å². The molecule has 0 unspecified atom stereocenters. The number of nitrogens with one attached hydrogen (secondary N) is 1. The summed E-state index contributed by atoms with van der Waals surface area (Å²) in [6, 6.07) is 5.16. The van der Waals surface area contributed by atoms with Gasteiger partial charge in [0.05, 0.1) is 13.7 Å². The molecule has 0 spiro atoms. The van der Waals surface area contributed by atoms with Crippen molar-refractivity contribution in [3.63, 3.8) is 0 Å². The number of aliphatic hydroxyl groups is 1. The normalized spacial score (nSPS) is 10.2. The lowest BCUT2D eigenvalue weighted by atomic mass is 10.1. The van der Waals surface area contributed by atoms with Gasteiger partial charge in [0.15, 0.2) is 11.5 Å². The van der Waals surface area contributed by atoms with Crippen LogP contribution in [0.3, 0.4) is 0 Å². The number of hydrogen-bond acceptors (Lipinski definition) is 4. The molecule has 5 heteroatoms. The summed E-state index contributed by atoms with van der Waals surface area (Å²) < 4.78 is 10.7. The van der Waals surface area contributed by atoms with Crippen molar-refractivity contribution in [2.24, 2.45) is 0 Å². The van der Waals surface area contributed by atoms with Crippen molar-refractivity contribution in [1.29, 1.82) is 0 Å². The Morgan fingerprint density at radius 3 is 2.62 bits per heavy atom. The fourth-order valence-electron chi connectivity index (χ4n) is 1.98. The molecule has 0 atom stereocenters. The van der Waals surface area contributed by atoms with Crippen LogP contribution in [0.15, 0.2) is 18.2 Å². The first-order valence-electron chi connectivity index (χ1n) is 7.42. The van der Waals surface area contributed by atoms with Gasteiger partial charge in [-0.25, -0.2) is 0 Å². The smallest absolute Gasteiger partial charge is 0.251 e. The summed E-state index contributed by atoms with van der Waals surface area (Å²) in [5.74, 6) is 1.09. The number of hydrogen-bond donors (Lipinski definition) is 2. The molecule has 0 bridgehead atoms. The van der Waals surface area contributed by atoms with Crippen molar-refractivity contribution in [1.82, 2.24) is 5.32 Å². The van der Waals surface area contributed by atoms with Crippen LogP contribution in [-0.2, 0) is 0 Å². The van der Waals surface area contributed by atoms with E-state index in [2.05, 4.69) is 5.32 Å². The van der Waals surface area contributed by atoms with Gasteiger partial charge in [-0.15, -0.1) is 0 Å². The second-order valence-corrected chi connectivity index (χ2v) is 4.69. The molecule has 0 aromatic heterocycles. The molecule has 1 aromatic rings. The Morgan fingerprint density at radius 2 is 1.95 bits per heavy atom. The number of carbonyl (C=O) groups is 1. The van der Waals surface area contributed by atoms with Gasteiger partial charge in [0.1, 0.15) is 0 Å². The maximum absolute atomic E-state index is 12.0. The van der Waals surface area contributed by atoms with Crippen LogP contribution >= 0.6 is 0 Å². The molecule has 0 fully saturated rings. The highest BCUT2D eigenvalue weighted by atomic mass is 16.5. The van der Waals surface area contributed by atoms with E-state index in [-0.39, 0.29) is 12.5 Å². The van der Waals surface area contributed by atoms with E-state index in [1.165, 1.54) is 0 Å². The first-order chi connectivity index (χ1) is 10.2. The SMILES string of the molecule is CCOc1cc(C(=O)NCCCCCCO)ccc1OC. The van der Waals surface area contributed by atoms with Gasteiger partial charge in [0, 0.05) is 18.7 Å². The zero-order valence-corrected chi connectivity index (χ0v) is 12.9. The third kappa shape index (κ3) is 6.04. The van der Waals surface area contributed by atoms with Crippen molar-refractivity contribution < 1.29 is 19.4 Å². The summed E-state index contributed by atoms with van der Waals surface area (Å²) in [5, 5.41) is 11.6. The highest BCUT2D eigenvalue weighted by Gasteiger charge is 2.10. The van der Waals surface area contributed by atoms with E-state index in [4.69, 9.17) is 14.6 Å². The first-order valence-corrected chi connectivity index (χ1v) is 7.42. The van der Waals surface area contributed by atoms with E-state index in [9.17, 15) is 4.79 Å². The van der Waals surface area contributed by atoms with E-state index in [0.717, 1.165) is 25.7 Å². The summed E-state index contributed by atoms with van der Waals surface area (Å²) in [6.45, 7) is 3.28. The van der Waals surface area contributed by atoms with Crippen LogP contribution in [0.4, 0.5) is 0 Å². The van der Waals surface area contributed by atoms with Crippen molar-refractivity contribution in [3.8, 4) is 11.5 Å². The number of aliphatic hydroxyl groups excluding tert-OH is 1. The van der Waals surface area contributed by atoms with E-state index in [1.54, 1.807) is 25.3 Å². The van der Waals surface area contributed by atoms with Gasteiger partial charge in [-0.05, 0) is 38.0 Å². The molecule has 1 amide bonds. The number of rotatable bonds is 10. The zero-order chi connectivity index (χ0) is 15.5. The lowest BCUT2D eigenvalue weighted by Crippen LogP contribution is -2.24. The minimum absolute atomic E-state index is 0.110. The molecule has 0 aliphatic rings. The number of ether oxygens (including phenoxy) is 2. The summed E-state index contributed by atoms with van der Waals surface area (Å²) in [5.41, 5.74) is 0.564. The maximum Gasteiger partial charge on any atom is 0.251 e. The van der Waals surface area contributed by atoms with Gasteiger partial charge in [0.25, 0.3) is 5.91 Å². The van der Waals surface area contributed by atoms with Crippen LogP contribution in [0.2, 0.25) is 0 Å². The Labute approximate surface area is 126 Å². The average molecular weight is 295 g/mol. The molecule has 1 aromatic carbocycles. The molecule has 0 aliphatic carbocycles. The highest BCUT2D eigenvalue weighted by Crippen LogP contribution is 2.27. The lowest BCUT2D eigenvalue weighted by molar-refractivity contribution is 0.0952. The summed E-state index contributed by atoms with van der Waals surface area (Å²) in [6.07, 6.45) is 3.74. The standard InChI is InChI=1S/C16H25NO4/c1-3-21-15-12-13(8-9-14(15)20-2)16(19)17-10-6-4-5-7-11-18/h8-9,12,18H,3-7,10-11H2,1-2H3,(H,17,19). The van der Waals surface area contributed by atoms with Crippen LogP contribution < -0.4 is 14.8 Å². The highest BCUT2D eigenvalue weighted by molar-refractivity contribution is 5.94. The van der Waals surface area contributed by atoms with Crippen LogP contribution in [0, 0.1) is 0 Å². The topological polar surface area (TPSA) is 67.8 Å². The molecule has 0 saturated heterocycles. The van der Waals surface area contributed by atoms with Gasteiger partial charge in [-0.3, -0.25) is 4.79 Å². The summed E-state index contributed by atoms with van der Waals surface area (Å²) >= 11 is 0. The minimum Gasteiger partial charge on any atom is -0.493 e. The quantitative estimate of drug-likeness (QED) is 0.650. The number of unbranched alkanes of at least 4 members (excludes halogenated alkanes) is 3. The summed E-state index contributed by atoms with van der Waals surface area (Å²) in [4.78, 5) is 12.0. The lowest BCUT2D eigenvalue weighted by Gasteiger charge is -2.11. The molecular formula is C16H25NO4. The van der Waals surface area contributed by atoms with E-state index in [1.807, 2.05) is 6.92 Å². The Morgan fingerprint density at radius 1 is 1.19 bits per heavy atom. The first kappa shape index (κ1) is 17.3. The molecule has 0 heterocycles. The predicted octanol–water partition coefficient (Wildman–Crippen LogP) is 2.38. The molecule has 0 saturated carbocycles. The monoisotopic (exact) mass is 295 g/mol. The van der Waals surface area contributed by atoms with Gasteiger partial charge >= 0.3 is 0 Å². The van der Waals surface area contributed by atoms with Crippen LogP contribution in [0.5, 0.6) is 11.5 Å². The van der Waals surface area contributed by atoms with E-state index >= 15 is 0 Å². The Bertz CT molecular complexity index is 434. The molecule has 118 valence electrons. The van der Waals surface area contributed by atoms with Crippen molar-refractivity contribution >= 4 is 5.91 Å². The molecule has 0 radical (unpaired) electrons. The Balaban J connectivity index is 2.48. The van der Waals surface area contributed by atoms with Crippen LogP contribution in [0.25, 0.3) is 0 Å². The predicted molar refractivity (Wildman–Crippen MR) is 82.1 cm³/mol. The van der Waals surface area contributed by atoms with Gasteiger partial charge in [-0.2, -0.15) is 0 Å². The number of benzene rings is 1. The maximum atomic E-state index is 12.0. The Kier molecular flexibility index (Phi) is 8.28. The molecule has 1 rings (SSSR count). The van der Waals surface area contributed by atoms with Crippen molar-refractivity contribution in [2.75, 3.05) is 26.9 Å². The average Bonchev–Trinajstić information content (AvgIpc) is 2.50. The second kappa shape index (κ2) is 10.0. The van der Waals surface area contributed by atoms with Crippen LogP contribution in [0.1, 0.15) is 43.0 Å². The molecule has 0 aliphatic heterocycles. The molecular weight excluding hydrogens is 270 g/mol. The van der Waals surface area contributed by atoms with Gasteiger partial charge in [-0.1, -0.05) is 12.8 Å². The van der Waals surface area contributed by atoms with E-state index in [0.29, 0.717) is 30.2 Å². The third-order valence-corrected chi connectivity index (χ3v) is 3.10. The number of amides is 1. The minimum atomic E-state index is -0.110. The fraction of sp³-hybridized carbons (Fsp3) is 0.562. The van der Waals surface area contributed by atoms with Crippen molar-refractivity contribution in [3.05, 3.63) is 23.8 Å². The molecule has 5 nitrogen and oxygen atoms in total. The van der Waals surface area contributed by atoms with Gasteiger partial charge < -0.3 is 19.9 Å². The Hall–Kier alpha value is -1.75.